The Bertz CT molecular complexity index is 402. The van der Waals surface area contributed by atoms with Gasteiger partial charge in [-0.2, -0.15) is 0 Å². The molecule has 0 aliphatic rings. The average molecular weight is 277 g/mol. The molecule has 20 heavy (non-hydrogen) atoms. The highest BCUT2D eigenvalue weighted by Crippen LogP contribution is 2.20. The number of hydrogen-bond acceptors (Lipinski definition) is 3. The second-order valence-corrected chi connectivity index (χ2v) is 5.29. The molecule has 0 aromatic heterocycles. The van der Waals surface area contributed by atoms with Gasteiger partial charge in [0.05, 0.1) is 6.61 Å². The molecule has 0 heterocycles. The molecular weight excluding hydrogens is 250 g/mol. The van der Waals surface area contributed by atoms with Crippen LogP contribution in [0.4, 0.5) is 0 Å². The van der Waals surface area contributed by atoms with Crippen molar-refractivity contribution in [3.63, 3.8) is 0 Å². The fourth-order valence-corrected chi connectivity index (χ4v) is 1.94. The molecular formula is C17H27NO2. The average Bonchev–Trinajstić information content (AvgIpc) is 2.41. The van der Waals surface area contributed by atoms with Crippen molar-refractivity contribution in [3.05, 3.63) is 35.9 Å². The normalized spacial score (nSPS) is 13.1. The van der Waals surface area contributed by atoms with Crippen LogP contribution in [0.3, 0.4) is 0 Å². The lowest BCUT2D eigenvalue weighted by atomic mass is 10.2. The van der Waals surface area contributed by atoms with Gasteiger partial charge in [0, 0.05) is 19.2 Å². The lowest BCUT2D eigenvalue weighted by Gasteiger charge is -2.21. The number of nitrogens with one attached hydrogen (secondary N) is 1. The third-order valence-corrected chi connectivity index (χ3v) is 2.84. The summed E-state index contributed by atoms with van der Waals surface area (Å²) in [4.78, 5) is 0. The molecule has 1 N–H and O–H groups in total. The van der Waals surface area contributed by atoms with E-state index in [1.165, 1.54) is 0 Å². The van der Waals surface area contributed by atoms with E-state index in [9.17, 15) is 0 Å². The Morgan fingerprint density at radius 3 is 2.60 bits per heavy atom. The van der Waals surface area contributed by atoms with Gasteiger partial charge in [0.15, 0.2) is 0 Å². The number of methoxy groups -OCH3 is 1. The van der Waals surface area contributed by atoms with E-state index in [0.29, 0.717) is 12.5 Å². The molecule has 0 saturated carbocycles. The first-order chi connectivity index (χ1) is 9.67. The monoisotopic (exact) mass is 277 g/mol. The van der Waals surface area contributed by atoms with Crippen LogP contribution >= 0.6 is 0 Å². The maximum Gasteiger partial charge on any atom is 0.134 e. The van der Waals surface area contributed by atoms with Gasteiger partial charge < -0.3 is 14.8 Å². The second-order valence-electron chi connectivity index (χ2n) is 5.29. The smallest absolute Gasteiger partial charge is 0.134 e. The van der Waals surface area contributed by atoms with Crippen LogP contribution in [-0.2, 0) is 4.74 Å². The predicted octanol–water partition coefficient (Wildman–Crippen LogP) is 3.36. The molecule has 0 aliphatic heterocycles. The molecule has 0 radical (unpaired) electrons. The van der Waals surface area contributed by atoms with Crippen LogP contribution in [0.25, 0.3) is 6.08 Å². The first-order valence-electron chi connectivity index (χ1n) is 7.25. The third kappa shape index (κ3) is 6.22. The maximum atomic E-state index is 6.08. The van der Waals surface area contributed by atoms with Gasteiger partial charge in [-0.25, -0.2) is 0 Å². The lowest BCUT2D eigenvalue weighted by molar-refractivity contribution is 0.0801. The molecule has 0 amide bonds. The fraction of sp³-hybridized carbons (Fsp3) is 0.529. The molecule has 1 atom stereocenters. The fourth-order valence-electron chi connectivity index (χ4n) is 1.94. The summed E-state index contributed by atoms with van der Waals surface area (Å²) in [6.07, 6.45) is 4.09. The molecule has 0 spiro atoms. The summed E-state index contributed by atoms with van der Waals surface area (Å²) in [6, 6.07) is 8.07. The van der Waals surface area contributed by atoms with Crippen molar-refractivity contribution in [2.75, 3.05) is 26.8 Å². The van der Waals surface area contributed by atoms with Gasteiger partial charge in [0.1, 0.15) is 11.9 Å². The summed E-state index contributed by atoms with van der Waals surface area (Å²) in [5.74, 6) is 1.53. The van der Waals surface area contributed by atoms with Crippen LogP contribution in [0.1, 0.15) is 26.3 Å². The van der Waals surface area contributed by atoms with E-state index in [4.69, 9.17) is 9.47 Å². The van der Waals surface area contributed by atoms with Crippen molar-refractivity contribution in [1.29, 1.82) is 0 Å². The third-order valence-electron chi connectivity index (χ3n) is 2.84. The number of hydrogen-bond donors (Lipinski definition) is 1. The van der Waals surface area contributed by atoms with E-state index < -0.39 is 0 Å². The highest BCUT2D eigenvalue weighted by Gasteiger charge is 2.12. The number of benzene rings is 1. The predicted molar refractivity (Wildman–Crippen MR) is 85.1 cm³/mol. The summed E-state index contributed by atoms with van der Waals surface area (Å²) in [7, 11) is 1.71. The van der Waals surface area contributed by atoms with Gasteiger partial charge in [0.2, 0.25) is 0 Å². The minimum absolute atomic E-state index is 0.0187. The standard InChI is InChI=1S/C17H27NO2/c1-5-8-15-9-6-7-10-17(15)20-16(13-19-4)12-18-11-14(2)3/h5-10,14,16,18H,11-13H2,1-4H3/b8-5+. The van der Waals surface area contributed by atoms with Crippen LogP contribution in [0.2, 0.25) is 0 Å². The summed E-state index contributed by atoms with van der Waals surface area (Å²) >= 11 is 0. The summed E-state index contributed by atoms with van der Waals surface area (Å²) in [5, 5.41) is 3.42. The topological polar surface area (TPSA) is 30.5 Å². The molecule has 0 saturated heterocycles. The van der Waals surface area contributed by atoms with Crippen LogP contribution in [0, 0.1) is 5.92 Å². The minimum Gasteiger partial charge on any atom is -0.486 e. The second kappa shape index (κ2) is 9.56. The van der Waals surface area contributed by atoms with E-state index in [1.54, 1.807) is 7.11 Å². The Morgan fingerprint density at radius 1 is 1.20 bits per heavy atom. The highest BCUT2D eigenvalue weighted by atomic mass is 16.5. The van der Waals surface area contributed by atoms with Crippen molar-refractivity contribution < 1.29 is 9.47 Å². The first-order valence-corrected chi connectivity index (χ1v) is 7.25. The van der Waals surface area contributed by atoms with E-state index >= 15 is 0 Å². The number of allylic oxidation sites excluding steroid dienone is 1. The van der Waals surface area contributed by atoms with Crippen LogP contribution in [-0.4, -0.2) is 32.9 Å². The zero-order chi connectivity index (χ0) is 14.8. The highest BCUT2D eigenvalue weighted by molar-refractivity contribution is 5.56. The zero-order valence-electron chi connectivity index (χ0n) is 13.1. The van der Waals surface area contributed by atoms with Crippen LogP contribution in [0.5, 0.6) is 5.75 Å². The Balaban J connectivity index is 2.64. The van der Waals surface area contributed by atoms with E-state index in [0.717, 1.165) is 24.4 Å². The summed E-state index contributed by atoms with van der Waals surface area (Å²) < 4.78 is 11.3. The van der Waals surface area contributed by atoms with Gasteiger partial charge in [0.25, 0.3) is 0 Å². The van der Waals surface area contributed by atoms with Gasteiger partial charge in [-0.3, -0.25) is 0 Å². The number of rotatable bonds is 9. The molecule has 112 valence electrons. The summed E-state index contributed by atoms with van der Waals surface area (Å²) in [6.45, 7) is 8.75. The SMILES string of the molecule is C/C=C/c1ccccc1OC(CNCC(C)C)COC. The minimum atomic E-state index is 0.0187. The van der Waals surface area contributed by atoms with Crippen molar-refractivity contribution in [2.45, 2.75) is 26.9 Å². The Hall–Kier alpha value is -1.32. The maximum absolute atomic E-state index is 6.08. The van der Waals surface area contributed by atoms with E-state index in [2.05, 4.69) is 31.3 Å². The molecule has 3 heteroatoms. The van der Waals surface area contributed by atoms with Gasteiger partial charge in [-0.15, -0.1) is 0 Å². The van der Waals surface area contributed by atoms with Crippen LogP contribution in [0.15, 0.2) is 30.3 Å². The molecule has 0 aliphatic carbocycles. The molecule has 1 aromatic rings. The van der Waals surface area contributed by atoms with Crippen molar-refractivity contribution in [2.24, 2.45) is 5.92 Å². The zero-order valence-corrected chi connectivity index (χ0v) is 13.1. The molecule has 3 nitrogen and oxygen atoms in total. The van der Waals surface area contributed by atoms with Gasteiger partial charge >= 0.3 is 0 Å². The quantitative estimate of drug-likeness (QED) is 0.751. The van der Waals surface area contributed by atoms with E-state index in [-0.39, 0.29) is 6.10 Å². The number of para-hydroxylation sites is 1. The Labute approximate surface area is 123 Å². The Kier molecular flexibility index (Phi) is 8.00. The number of ether oxygens (including phenoxy) is 2. The van der Waals surface area contributed by atoms with Crippen molar-refractivity contribution in [1.82, 2.24) is 5.32 Å². The van der Waals surface area contributed by atoms with Gasteiger partial charge in [-0.1, -0.05) is 44.2 Å². The molecule has 1 rings (SSSR count). The molecule has 0 fully saturated rings. The van der Waals surface area contributed by atoms with Crippen molar-refractivity contribution >= 4 is 6.08 Å². The molecule has 1 unspecified atom stereocenters. The van der Waals surface area contributed by atoms with Crippen molar-refractivity contribution in [3.8, 4) is 5.75 Å². The summed E-state index contributed by atoms with van der Waals surface area (Å²) in [5.41, 5.74) is 1.10. The van der Waals surface area contributed by atoms with E-state index in [1.807, 2.05) is 31.2 Å². The van der Waals surface area contributed by atoms with Gasteiger partial charge in [-0.05, 0) is 25.5 Å². The largest absolute Gasteiger partial charge is 0.486 e. The molecule has 1 aromatic carbocycles. The first kappa shape index (κ1) is 16.7. The Morgan fingerprint density at radius 2 is 1.95 bits per heavy atom. The van der Waals surface area contributed by atoms with Crippen LogP contribution < -0.4 is 10.1 Å². The lowest BCUT2D eigenvalue weighted by Crippen LogP contribution is -2.36. The molecule has 0 bridgehead atoms.